The number of aryl methyl sites for hydroxylation is 1. The number of hydrogen-bond donors (Lipinski definition) is 3. The number of aromatic hydroxyl groups is 1. The normalized spacial score (nSPS) is 20.9. The summed E-state index contributed by atoms with van der Waals surface area (Å²) in [4.78, 5) is 26.0. The van der Waals surface area contributed by atoms with Crippen LogP contribution in [0.4, 0.5) is 17.5 Å². The molecular weight excluding hydrogens is 432 g/mol. The van der Waals surface area contributed by atoms with Crippen LogP contribution in [-0.2, 0) is 13.0 Å². The summed E-state index contributed by atoms with van der Waals surface area (Å²) in [6.45, 7) is 2.95. The van der Waals surface area contributed by atoms with Crippen molar-refractivity contribution in [3.05, 3.63) is 53.5 Å². The number of carbonyl (C=O) groups excluding carboxylic acids is 1. The SMILES string of the molecule is Nc1nc(N2CCC3(CC2)Cc2cc(O)ccc2[C@H]3N)cnc1C(=O)N1CCCn2nccc21. The Morgan fingerprint density at radius 1 is 1.15 bits per heavy atom. The molecule has 10 nitrogen and oxygen atoms in total. The number of phenolic OH excluding ortho intramolecular Hbond substituents is 1. The van der Waals surface area contributed by atoms with E-state index in [9.17, 15) is 9.90 Å². The van der Waals surface area contributed by atoms with E-state index in [0.717, 1.165) is 62.3 Å². The second-order valence-corrected chi connectivity index (χ2v) is 9.57. The van der Waals surface area contributed by atoms with Crippen molar-refractivity contribution < 1.29 is 9.90 Å². The van der Waals surface area contributed by atoms with Crippen LogP contribution in [0.2, 0.25) is 0 Å². The number of hydrogen-bond acceptors (Lipinski definition) is 8. The Bertz CT molecular complexity index is 1260. The average Bonchev–Trinajstić information content (AvgIpc) is 3.42. The van der Waals surface area contributed by atoms with Gasteiger partial charge in [0.1, 0.15) is 17.4 Å². The zero-order chi connectivity index (χ0) is 23.4. The van der Waals surface area contributed by atoms with Gasteiger partial charge in [0.2, 0.25) is 0 Å². The maximum atomic E-state index is 13.2. The van der Waals surface area contributed by atoms with Crippen LogP contribution in [0.15, 0.2) is 36.7 Å². The lowest BCUT2D eigenvalue weighted by atomic mass is 9.73. The van der Waals surface area contributed by atoms with Gasteiger partial charge in [-0.15, -0.1) is 0 Å². The number of fused-ring (bicyclic) bond motifs is 2. The standard InChI is InChI=1S/C24H28N8O2/c25-21-17-3-2-16(33)12-15(17)13-24(21)5-10-30(11-6-24)18-14-27-20(22(26)29-18)23(34)31-8-1-9-32-19(31)4-7-28-32/h2-4,7,12,14,21,33H,1,5-6,8-11,13,25H2,(H2,26,29)/t21-/m1/s1. The van der Waals surface area contributed by atoms with E-state index < -0.39 is 0 Å². The number of aromatic nitrogens is 4. The summed E-state index contributed by atoms with van der Waals surface area (Å²) in [5, 5.41) is 14.1. The predicted molar refractivity (Wildman–Crippen MR) is 128 cm³/mol. The molecule has 4 heterocycles. The minimum Gasteiger partial charge on any atom is -0.508 e. The minimum atomic E-state index is -0.256. The van der Waals surface area contributed by atoms with Gasteiger partial charge in [-0.05, 0) is 54.4 Å². The molecule has 0 bridgehead atoms. The molecule has 3 aromatic rings. The molecule has 6 rings (SSSR count). The van der Waals surface area contributed by atoms with Gasteiger partial charge in [-0.25, -0.2) is 14.6 Å². The summed E-state index contributed by atoms with van der Waals surface area (Å²) >= 11 is 0. The third kappa shape index (κ3) is 3.20. The maximum absolute atomic E-state index is 13.2. The smallest absolute Gasteiger partial charge is 0.281 e. The van der Waals surface area contributed by atoms with Gasteiger partial charge < -0.3 is 21.5 Å². The monoisotopic (exact) mass is 460 g/mol. The fourth-order valence-corrected chi connectivity index (χ4v) is 5.80. The molecule has 2 aromatic heterocycles. The lowest BCUT2D eigenvalue weighted by molar-refractivity contribution is 0.0977. The molecule has 1 spiro atoms. The van der Waals surface area contributed by atoms with E-state index >= 15 is 0 Å². The molecule has 34 heavy (non-hydrogen) atoms. The molecule has 1 atom stereocenters. The Balaban J connectivity index is 1.17. The molecule has 0 saturated carbocycles. The van der Waals surface area contributed by atoms with Crippen LogP contribution in [0.3, 0.4) is 0 Å². The molecule has 176 valence electrons. The van der Waals surface area contributed by atoms with Crippen LogP contribution in [0.1, 0.15) is 46.9 Å². The van der Waals surface area contributed by atoms with Gasteiger partial charge >= 0.3 is 0 Å². The summed E-state index contributed by atoms with van der Waals surface area (Å²) in [5.74, 6) is 1.60. The molecule has 1 amide bonds. The third-order valence-electron chi connectivity index (χ3n) is 7.70. The number of rotatable bonds is 2. The average molecular weight is 461 g/mol. The molecule has 0 unspecified atom stereocenters. The van der Waals surface area contributed by atoms with Crippen LogP contribution < -0.4 is 21.3 Å². The van der Waals surface area contributed by atoms with Crippen molar-refractivity contribution in [1.29, 1.82) is 0 Å². The van der Waals surface area contributed by atoms with Crippen LogP contribution in [0.25, 0.3) is 0 Å². The van der Waals surface area contributed by atoms with E-state index in [4.69, 9.17) is 11.5 Å². The van der Waals surface area contributed by atoms with E-state index in [1.54, 1.807) is 23.4 Å². The number of nitrogen functional groups attached to an aromatic ring is 1. The van der Waals surface area contributed by atoms with Crippen LogP contribution >= 0.6 is 0 Å². The van der Waals surface area contributed by atoms with E-state index in [1.807, 2.05) is 22.9 Å². The maximum Gasteiger partial charge on any atom is 0.281 e. The van der Waals surface area contributed by atoms with Crippen LogP contribution in [0, 0.1) is 5.41 Å². The first-order valence-electron chi connectivity index (χ1n) is 11.7. The topological polar surface area (TPSA) is 139 Å². The Labute approximate surface area is 197 Å². The fraction of sp³-hybridized carbons (Fsp3) is 0.417. The largest absolute Gasteiger partial charge is 0.508 e. The first kappa shape index (κ1) is 20.9. The lowest BCUT2D eigenvalue weighted by Gasteiger charge is -2.42. The number of carbonyl (C=O) groups is 1. The molecule has 5 N–H and O–H groups in total. The zero-order valence-corrected chi connectivity index (χ0v) is 18.9. The van der Waals surface area contributed by atoms with Gasteiger partial charge in [0.05, 0.1) is 12.4 Å². The Hall–Kier alpha value is -3.66. The number of anilines is 3. The van der Waals surface area contributed by atoms with Crippen molar-refractivity contribution in [2.24, 2.45) is 11.1 Å². The van der Waals surface area contributed by atoms with Crippen LogP contribution in [0.5, 0.6) is 5.75 Å². The van der Waals surface area contributed by atoms with Crippen molar-refractivity contribution in [3.8, 4) is 5.75 Å². The van der Waals surface area contributed by atoms with Crippen molar-refractivity contribution in [1.82, 2.24) is 19.7 Å². The third-order valence-corrected chi connectivity index (χ3v) is 7.70. The predicted octanol–water partition coefficient (Wildman–Crippen LogP) is 1.85. The second kappa shape index (κ2) is 7.69. The molecule has 1 aliphatic carbocycles. The summed E-state index contributed by atoms with van der Waals surface area (Å²) in [5.41, 5.74) is 15.3. The number of nitrogens with two attached hydrogens (primary N) is 2. The highest BCUT2D eigenvalue weighted by molar-refractivity contribution is 6.07. The quantitative estimate of drug-likeness (QED) is 0.526. The minimum absolute atomic E-state index is 0.0152. The summed E-state index contributed by atoms with van der Waals surface area (Å²) in [6, 6.07) is 7.29. The number of phenols is 1. The van der Waals surface area contributed by atoms with Crippen LogP contribution in [-0.4, -0.2) is 50.4 Å². The summed E-state index contributed by atoms with van der Waals surface area (Å²) in [7, 11) is 0. The number of piperidine rings is 1. The molecular formula is C24H28N8O2. The number of nitrogens with zero attached hydrogens (tertiary/aromatic N) is 6. The summed E-state index contributed by atoms with van der Waals surface area (Å²) < 4.78 is 1.82. The molecule has 3 aliphatic rings. The number of benzene rings is 1. The molecule has 2 aliphatic heterocycles. The van der Waals surface area contributed by atoms with E-state index in [-0.39, 0.29) is 34.6 Å². The van der Waals surface area contributed by atoms with Gasteiger partial charge in [0, 0.05) is 38.3 Å². The second-order valence-electron chi connectivity index (χ2n) is 9.57. The van der Waals surface area contributed by atoms with E-state index in [1.165, 1.54) is 0 Å². The fourth-order valence-electron chi connectivity index (χ4n) is 5.80. The van der Waals surface area contributed by atoms with Gasteiger partial charge in [-0.1, -0.05) is 6.07 Å². The van der Waals surface area contributed by atoms with Crippen molar-refractivity contribution in [2.45, 2.75) is 38.3 Å². The van der Waals surface area contributed by atoms with Gasteiger partial charge in [-0.3, -0.25) is 9.69 Å². The highest BCUT2D eigenvalue weighted by Crippen LogP contribution is 2.51. The lowest BCUT2D eigenvalue weighted by Crippen LogP contribution is -2.44. The van der Waals surface area contributed by atoms with Crippen molar-refractivity contribution in [3.63, 3.8) is 0 Å². The van der Waals surface area contributed by atoms with Gasteiger partial charge in [-0.2, -0.15) is 5.10 Å². The molecule has 1 saturated heterocycles. The Morgan fingerprint density at radius 2 is 1.97 bits per heavy atom. The molecule has 1 fully saturated rings. The summed E-state index contributed by atoms with van der Waals surface area (Å²) in [6.07, 6.45) is 6.85. The van der Waals surface area contributed by atoms with Crippen molar-refractivity contribution in [2.75, 3.05) is 35.2 Å². The first-order chi connectivity index (χ1) is 16.4. The zero-order valence-electron chi connectivity index (χ0n) is 18.9. The highest BCUT2D eigenvalue weighted by atomic mass is 16.3. The number of amides is 1. The molecule has 0 radical (unpaired) electrons. The first-order valence-corrected chi connectivity index (χ1v) is 11.7. The van der Waals surface area contributed by atoms with Gasteiger partial charge in [0.15, 0.2) is 11.5 Å². The molecule has 1 aromatic carbocycles. The molecule has 10 heteroatoms. The van der Waals surface area contributed by atoms with Gasteiger partial charge in [0.25, 0.3) is 5.91 Å². The van der Waals surface area contributed by atoms with E-state index in [2.05, 4.69) is 20.0 Å². The van der Waals surface area contributed by atoms with Crippen molar-refractivity contribution >= 4 is 23.4 Å². The van der Waals surface area contributed by atoms with E-state index in [0.29, 0.717) is 12.4 Å². The Kier molecular flexibility index (Phi) is 4.73. The Morgan fingerprint density at radius 3 is 2.76 bits per heavy atom. The highest BCUT2D eigenvalue weighted by Gasteiger charge is 2.46.